The van der Waals surface area contributed by atoms with E-state index in [-0.39, 0.29) is 18.7 Å². The van der Waals surface area contributed by atoms with Crippen molar-refractivity contribution in [3.8, 4) is 5.75 Å². The topological polar surface area (TPSA) is 74.0 Å². The zero-order valence-electron chi connectivity index (χ0n) is 15.5. The SMILES string of the molecule is CCn1cc(C(C)NC(=O)c2ccn(COc3cccc(Cl)c3)n2)c(C)n1. The maximum Gasteiger partial charge on any atom is 0.272 e. The maximum absolute atomic E-state index is 12.5. The summed E-state index contributed by atoms with van der Waals surface area (Å²) in [4.78, 5) is 12.5. The number of hydrogen-bond acceptors (Lipinski definition) is 4. The van der Waals surface area contributed by atoms with Crippen LogP contribution in [0.1, 0.15) is 41.6 Å². The van der Waals surface area contributed by atoms with Gasteiger partial charge < -0.3 is 10.1 Å². The number of halogens is 1. The first-order chi connectivity index (χ1) is 13.0. The van der Waals surface area contributed by atoms with E-state index in [9.17, 15) is 4.79 Å². The second kappa shape index (κ2) is 8.26. The van der Waals surface area contributed by atoms with Crippen LogP contribution < -0.4 is 10.1 Å². The third-order valence-corrected chi connectivity index (χ3v) is 4.39. The van der Waals surface area contributed by atoms with Crippen LogP contribution in [-0.2, 0) is 13.3 Å². The van der Waals surface area contributed by atoms with Gasteiger partial charge in [-0.2, -0.15) is 10.2 Å². The Balaban J connectivity index is 1.60. The van der Waals surface area contributed by atoms with Crippen LogP contribution in [0.3, 0.4) is 0 Å². The summed E-state index contributed by atoms with van der Waals surface area (Å²) in [5.74, 6) is 0.397. The molecule has 0 bridgehead atoms. The predicted molar refractivity (Wildman–Crippen MR) is 103 cm³/mol. The largest absolute Gasteiger partial charge is 0.471 e. The number of nitrogens with one attached hydrogen (secondary N) is 1. The highest BCUT2D eigenvalue weighted by Crippen LogP contribution is 2.18. The van der Waals surface area contributed by atoms with Gasteiger partial charge in [0, 0.05) is 29.5 Å². The van der Waals surface area contributed by atoms with Gasteiger partial charge in [-0.05, 0) is 45.0 Å². The first-order valence-corrected chi connectivity index (χ1v) is 9.10. The van der Waals surface area contributed by atoms with Gasteiger partial charge >= 0.3 is 0 Å². The fourth-order valence-corrected chi connectivity index (χ4v) is 2.90. The van der Waals surface area contributed by atoms with Crippen LogP contribution in [0.25, 0.3) is 0 Å². The van der Waals surface area contributed by atoms with E-state index in [1.807, 2.05) is 43.8 Å². The van der Waals surface area contributed by atoms with Crippen LogP contribution in [0.5, 0.6) is 5.75 Å². The molecule has 0 saturated carbocycles. The molecule has 0 fully saturated rings. The minimum Gasteiger partial charge on any atom is -0.471 e. The molecule has 0 radical (unpaired) electrons. The number of aryl methyl sites for hydroxylation is 2. The standard InChI is InChI=1S/C19H22ClN5O2/c1-4-24-11-17(14(3)22-24)13(2)21-19(26)18-8-9-25(23-18)12-27-16-7-5-6-15(20)10-16/h5-11,13H,4,12H2,1-3H3,(H,21,26). The minimum atomic E-state index is -0.243. The van der Waals surface area contributed by atoms with Crippen molar-refractivity contribution in [3.05, 3.63) is 64.7 Å². The number of ether oxygens (including phenoxy) is 1. The van der Waals surface area contributed by atoms with E-state index in [1.54, 1.807) is 29.1 Å². The molecule has 8 heteroatoms. The highest BCUT2D eigenvalue weighted by atomic mass is 35.5. The van der Waals surface area contributed by atoms with Crippen molar-refractivity contribution in [1.82, 2.24) is 24.9 Å². The molecule has 0 spiro atoms. The quantitative estimate of drug-likeness (QED) is 0.672. The summed E-state index contributed by atoms with van der Waals surface area (Å²) >= 11 is 5.93. The number of aromatic nitrogens is 4. The van der Waals surface area contributed by atoms with Crippen molar-refractivity contribution in [3.63, 3.8) is 0 Å². The number of benzene rings is 1. The summed E-state index contributed by atoms with van der Waals surface area (Å²) in [6, 6.07) is 8.61. The summed E-state index contributed by atoms with van der Waals surface area (Å²) in [5.41, 5.74) is 2.23. The van der Waals surface area contributed by atoms with Gasteiger partial charge in [-0.3, -0.25) is 9.48 Å². The lowest BCUT2D eigenvalue weighted by molar-refractivity contribution is 0.0932. The third kappa shape index (κ3) is 4.68. The normalized spacial score (nSPS) is 12.0. The molecule has 27 heavy (non-hydrogen) atoms. The van der Waals surface area contributed by atoms with Crippen LogP contribution in [-0.4, -0.2) is 25.5 Å². The van der Waals surface area contributed by atoms with Gasteiger partial charge in [-0.15, -0.1) is 0 Å². The van der Waals surface area contributed by atoms with E-state index in [4.69, 9.17) is 16.3 Å². The summed E-state index contributed by atoms with van der Waals surface area (Å²) in [6.07, 6.45) is 3.65. The Bertz CT molecular complexity index is 934. The lowest BCUT2D eigenvalue weighted by Crippen LogP contribution is -2.27. The summed E-state index contributed by atoms with van der Waals surface area (Å²) in [5, 5.41) is 12.2. The molecule has 2 heterocycles. The van der Waals surface area contributed by atoms with E-state index in [2.05, 4.69) is 15.5 Å². The molecule has 2 aromatic heterocycles. The van der Waals surface area contributed by atoms with Crippen molar-refractivity contribution in [2.24, 2.45) is 0 Å². The lowest BCUT2D eigenvalue weighted by Gasteiger charge is -2.12. The highest BCUT2D eigenvalue weighted by Gasteiger charge is 2.17. The Morgan fingerprint density at radius 3 is 2.81 bits per heavy atom. The molecule has 1 aromatic carbocycles. The molecule has 0 aliphatic heterocycles. The van der Waals surface area contributed by atoms with Crippen LogP contribution in [0.4, 0.5) is 0 Å². The fraction of sp³-hybridized carbons (Fsp3) is 0.316. The Morgan fingerprint density at radius 1 is 1.30 bits per heavy atom. The monoisotopic (exact) mass is 387 g/mol. The molecular weight excluding hydrogens is 366 g/mol. The number of carbonyl (C=O) groups is 1. The Labute approximate surface area is 162 Å². The van der Waals surface area contributed by atoms with E-state index < -0.39 is 0 Å². The number of amides is 1. The lowest BCUT2D eigenvalue weighted by atomic mass is 10.1. The van der Waals surface area contributed by atoms with Crippen molar-refractivity contribution in [1.29, 1.82) is 0 Å². The maximum atomic E-state index is 12.5. The molecule has 0 aliphatic rings. The first kappa shape index (κ1) is 19.0. The van der Waals surface area contributed by atoms with Crippen molar-refractivity contribution in [2.45, 2.75) is 40.1 Å². The van der Waals surface area contributed by atoms with Gasteiger partial charge in [0.25, 0.3) is 5.91 Å². The van der Waals surface area contributed by atoms with Crippen LogP contribution in [0.2, 0.25) is 5.02 Å². The molecule has 0 saturated heterocycles. The first-order valence-electron chi connectivity index (χ1n) is 8.73. The molecule has 0 aliphatic carbocycles. The summed E-state index contributed by atoms with van der Waals surface area (Å²) in [7, 11) is 0. The predicted octanol–water partition coefficient (Wildman–Crippen LogP) is 3.59. The highest BCUT2D eigenvalue weighted by molar-refractivity contribution is 6.30. The molecule has 3 rings (SSSR count). The number of carbonyl (C=O) groups excluding carboxylic acids is 1. The van der Waals surface area contributed by atoms with E-state index in [0.29, 0.717) is 16.5 Å². The third-order valence-electron chi connectivity index (χ3n) is 4.16. The number of nitrogens with zero attached hydrogens (tertiary/aromatic N) is 4. The van der Waals surface area contributed by atoms with Gasteiger partial charge in [0.1, 0.15) is 11.4 Å². The molecule has 3 aromatic rings. The van der Waals surface area contributed by atoms with Crippen LogP contribution in [0, 0.1) is 6.92 Å². The van der Waals surface area contributed by atoms with Crippen molar-refractivity contribution < 1.29 is 9.53 Å². The van der Waals surface area contributed by atoms with E-state index >= 15 is 0 Å². The van der Waals surface area contributed by atoms with Crippen molar-refractivity contribution in [2.75, 3.05) is 0 Å². The molecular formula is C19H22ClN5O2. The smallest absolute Gasteiger partial charge is 0.272 e. The van der Waals surface area contributed by atoms with E-state index in [0.717, 1.165) is 17.8 Å². The minimum absolute atomic E-state index is 0.161. The Morgan fingerprint density at radius 2 is 2.11 bits per heavy atom. The summed E-state index contributed by atoms with van der Waals surface area (Å²) < 4.78 is 9.03. The second-order valence-electron chi connectivity index (χ2n) is 6.19. The Kier molecular flexibility index (Phi) is 5.81. The molecule has 7 nitrogen and oxygen atoms in total. The summed E-state index contributed by atoms with van der Waals surface area (Å²) in [6.45, 7) is 6.87. The molecule has 1 atom stereocenters. The Hall–Kier alpha value is -2.80. The van der Waals surface area contributed by atoms with Crippen LogP contribution in [0.15, 0.2) is 42.7 Å². The second-order valence-corrected chi connectivity index (χ2v) is 6.63. The molecule has 1 N–H and O–H groups in total. The number of hydrogen-bond donors (Lipinski definition) is 1. The zero-order chi connectivity index (χ0) is 19.4. The van der Waals surface area contributed by atoms with Gasteiger partial charge in [-0.1, -0.05) is 17.7 Å². The van der Waals surface area contributed by atoms with Gasteiger partial charge in [0.05, 0.1) is 11.7 Å². The molecule has 142 valence electrons. The van der Waals surface area contributed by atoms with Crippen molar-refractivity contribution >= 4 is 17.5 Å². The zero-order valence-corrected chi connectivity index (χ0v) is 16.3. The fourth-order valence-electron chi connectivity index (χ4n) is 2.72. The number of rotatable bonds is 7. The average Bonchev–Trinajstić information content (AvgIpc) is 3.26. The van der Waals surface area contributed by atoms with Gasteiger partial charge in [-0.25, -0.2) is 4.68 Å². The van der Waals surface area contributed by atoms with Crippen LogP contribution >= 0.6 is 11.6 Å². The van der Waals surface area contributed by atoms with E-state index in [1.165, 1.54) is 0 Å². The molecule has 1 amide bonds. The van der Waals surface area contributed by atoms with Gasteiger partial charge in [0.15, 0.2) is 6.73 Å². The molecule has 1 unspecified atom stereocenters. The average molecular weight is 388 g/mol. The van der Waals surface area contributed by atoms with Gasteiger partial charge in [0.2, 0.25) is 0 Å².